The highest BCUT2D eigenvalue weighted by Crippen LogP contribution is 2.19. The van der Waals surface area contributed by atoms with Gasteiger partial charge in [-0.3, -0.25) is 4.79 Å². The summed E-state index contributed by atoms with van der Waals surface area (Å²) in [7, 11) is 0. The Morgan fingerprint density at radius 1 is 1.22 bits per heavy atom. The second kappa shape index (κ2) is 5.31. The number of hydrogen-bond donors (Lipinski definition) is 1. The zero-order valence-electron chi connectivity index (χ0n) is 9.71. The Morgan fingerprint density at radius 3 is 2.67 bits per heavy atom. The van der Waals surface area contributed by atoms with Crippen molar-refractivity contribution in [2.24, 2.45) is 0 Å². The average Bonchev–Trinajstić information content (AvgIpc) is 2.27. The summed E-state index contributed by atoms with van der Waals surface area (Å²) >= 11 is 3.36. The third-order valence-corrected chi connectivity index (χ3v) is 2.84. The molecule has 0 heterocycles. The van der Waals surface area contributed by atoms with Gasteiger partial charge in [-0.1, -0.05) is 22.0 Å². The lowest BCUT2D eigenvalue weighted by Crippen LogP contribution is -2.12. The Labute approximate surface area is 113 Å². The van der Waals surface area contributed by atoms with Crippen LogP contribution in [0, 0.1) is 12.7 Å². The van der Waals surface area contributed by atoms with Crippen LogP contribution < -0.4 is 5.32 Å². The fourth-order valence-corrected chi connectivity index (χ4v) is 2.25. The Morgan fingerprint density at radius 2 is 2.00 bits per heavy atom. The van der Waals surface area contributed by atoms with Crippen LogP contribution in [0.2, 0.25) is 0 Å². The lowest BCUT2D eigenvalue weighted by Gasteiger charge is -2.07. The van der Waals surface area contributed by atoms with Gasteiger partial charge in [0.25, 0.3) is 5.91 Å². The number of amides is 1. The third kappa shape index (κ3) is 3.17. The van der Waals surface area contributed by atoms with Crippen molar-refractivity contribution in [2.45, 2.75) is 6.92 Å². The molecule has 0 aliphatic heterocycles. The molecule has 0 saturated carbocycles. The normalized spacial score (nSPS) is 10.2. The molecular weight excluding hydrogens is 297 g/mol. The Balaban J connectivity index is 2.21. The molecule has 1 N–H and O–H groups in total. The minimum atomic E-state index is -0.423. The standard InChI is InChI=1S/C14H11BrFNO/c1-9-5-11(15)8-13(6-9)17-14(18)10-3-2-4-12(16)7-10/h2-8H,1H3,(H,17,18). The summed E-state index contributed by atoms with van der Waals surface area (Å²) in [5.41, 5.74) is 2.00. The van der Waals surface area contributed by atoms with E-state index in [-0.39, 0.29) is 5.91 Å². The molecule has 0 atom stereocenters. The van der Waals surface area contributed by atoms with E-state index < -0.39 is 5.82 Å². The molecule has 1 amide bonds. The predicted molar refractivity (Wildman–Crippen MR) is 73.2 cm³/mol. The van der Waals surface area contributed by atoms with Crippen molar-refractivity contribution in [2.75, 3.05) is 5.32 Å². The van der Waals surface area contributed by atoms with Crippen LogP contribution in [0.4, 0.5) is 10.1 Å². The van der Waals surface area contributed by atoms with E-state index in [1.165, 1.54) is 18.2 Å². The molecule has 2 aromatic carbocycles. The zero-order valence-corrected chi connectivity index (χ0v) is 11.3. The molecule has 0 bridgehead atoms. The van der Waals surface area contributed by atoms with Gasteiger partial charge in [0.15, 0.2) is 0 Å². The van der Waals surface area contributed by atoms with Crippen LogP contribution >= 0.6 is 15.9 Å². The fraction of sp³-hybridized carbons (Fsp3) is 0.0714. The summed E-state index contributed by atoms with van der Waals surface area (Å²) in [4.78, 5) is 11.9. The maximum Gasteiger partial charge on any atom is 0.255 e. The van der Waals surface area contributed by atoms with Crippen LogP contribution in [-0.2, 0) is 0 Å². The second-order valence-electron chi connectivity index (χ2n) is 3.98. The van der Waals surface area contributed by atoms with E-state index in [0.29, 0.717) is 11.3 Å². The molecule has 0 aliphatic rings. The number of rotatable bonds is 2. The molecule has 2 rings (SSSR count). The van der Waals surface area contributed by atoms with Crippen LogP contribution in [0.5, 0.6) is 0 Å². The first-order valence-corrected chi connectivity index (χ1v) is 6.18. The molecule has 4 heteroatoms. The largest absolute Gasteiger partial charge is 0.322 e. The van der Waals surface area contributed by atoms with Crippen LogP contribution in [0.15, 0.2) is 46.9 Å². The van der Waals surface area contributed by atoms with E-state index in [2.05, 4.69) is 21.2 Å². The Hall–Kier alpha value is -1.68. The van der Waals surface area contributed by atoms with E-state index >= 15 is 0 Å². The van der Waals surface area contributed by atoms with E-state index in [1.54, 1.807) is 12.1 Å². The van der Waals surface area contributed by atoms with E-state index in [1.807, 2.05) is 19.1 Å². The first-order valence-electron chi connectivity index (χ1n) is 5.39. The summed E-state index contributed by atoms with van der Waals surface area (Å²) in [6, 6.07) is 11.2. The van der Waals surface area contributed by atoms with Gasteiger partial charge in [-0.25, -0.2) is 4.39 Å². The maximum atomic E-state index is 13.0. The highest BCUT2D eigenvalue weighted by molar-refractivity contribution is 9.10. The van der Waals surface area contributed by atoms with Crippen molar-refractivity contribution >= 4 is 27.5 Å². The van der Waals surface area contributed by atoms with Crippen LogP contribution in [-0.4, -0.2) is 5.91 Å². The monoisotopic (exact) mass is 307 g/mol. The molecule has 2 nitrogen and oxygen atoms in total. The molecule has 2 aromatic rings. The SMILES string of the molecule is Cc1cc(Br)cc(NC(=O)c2cccc(F)c2)c1. The van der Waals surface area contributed by atoms with Crippen molar-refractivity contribution in [1.82, 2.24) is 0 Å². The summed E-state index contributed by atoms with van der Waals surface area (Å²) in [5, 5.41) is 2.73. The Kier molecular flexibility index (Phi) is 3.77. The quantitative estimate of drug-likeness (QED) is 0.887. The first-order chi connectivity index (χ1) is 8.54. The number of nitrogens with one attached hydrogen (secondary N) is 1. The van der Waals surface area contributed by atoms with Crippen LogP contribution in [0.1, 0.15) is 15.9 Å². The fourth-order valence-electron chi connectivity index (χ4n) is 1.64. The summed E-state index contributed by atoms with van der Waals surface area (Å²) in [5.74, 6) is -0.750. The predicted octanol–water partition coefficient (Wildman–Crippen LogP) is 4.15. The molecule has 0 saturated heterocycles. The van der Waals surface area contributed by atoms with Gasteiger partial charge in [0.05, 0.1) is 0 Å². The molecule has 0 spiro atoms. The van der Waals surface area contributed by atoms with Crippen molar-refractivity contribution in [3.63, 3.8) is 0 Å². The zero-order chi connectivity index (χ0) is 13.1. The van der Waals surface area contributed by atoms with E-state index in [4.69, 9.17) is 0 Å². The maximum absolute atomic E-state index is 13.0. The molecule has 0 aromatic heterocycles. The van der Waals surface area contributed by atoms with Gasteiger partial charge >= 0.3 is 0 Å². The topological polar surface area (TPSA) is 29.1 Å². The van der Waals surface area contributed by atoms with E-state index in [9.17, 15) is 9.18 Å². The van der Waals surface area contributed by atoms with Crippen molar-refractivity contribution in [3.05, 3.63) is 63.9 Å². The summed E-state index contributed by atoms with van der Waals surface area (Å²) < 4.78 is 13.9. The second-order valence-corrected chi connectivity index (χ2v) is 4.90. The summed E-state index contributed by atoms with van der Waals surface area (Å²) in [6.07, 6.45) is 0. The lowest BCUT2D eigenvalue weighted by molar-refractivity contribution is 0.102. The number of hydrogen-bond acceptors (Lipinski definition) is 1. The molecule has 0 radical (unpaired) electrons. The van der Waals surface area contributed by atoms with Crippen molar-refractivity contribution in [1.29, 1.82) is 0 Å². The van der Waals surface area contributed by atoms with Gasteiger partial charge in [0.1, 0.15) is 5.82 Å². The van der Waals surface area contributed by atoms with Crippen LogP contribution in [0.3, 0.4) is 0 Å². The molecule has 18 heavy (non-hydrogen) atoms. The number of halogens is 2. The number of anilines is 1. The molecule has 0 unspecified atom stereocenters. The number of benzene rings is 2. The number of carbonyl (C=O) groups excluding carboxylic acids is 1. The smallest absolute Gasteiger partial charge is 0.255 e. The average molecular weight is 308 g/mol. The Bertz CT molecular complexity index is 578. The van der Waals surface area contributed by atoms with Gasteiger partial charge in [0, 0.05) is 15.7 Å². The lowest BCUT2D eigenvalue weighted by atomic mass is 10.2. The van der Waals surface area contributed by atoms with Crippen molar-refractivity contribution < 1.29 is 9.18 Å². The van der Waals surface area contributed by atoms with E-state index in [0.717, 1.165) is 10.0 Å². The molecular formula is C14H11BrFNO. The van der Waals surface area contributed by atoms with Gasteiger partial charge < -0.3 is 5.32 Å². The van der Waals surface area contributed by atoms with Crippen LogP contribution in [0.25, 0.3) is 0 Å². The minimum Gasteiger partial charge on any atom is -0.322 e. The number of carbonyl (C=O) groups is 1. The first kappa shape index (κ1) is 12.8. The highest BCUT2D eigenvalue weighted by Gasteiger charge is 2.07. The highest BCUT2D eigenvalue weighted by atomic mass is 79.9. The van der Waals surface area contributed by atoms with Gasteiger partial charge in [-0.15, -0.1) is 0 Å². The summed E-state index contributed by atoms with van der Waals surface area (Å²) in [6.45, 7) is 1.93. The third-order valence-electron chi connectivity index (χ3n) is 2.39. The van der Waals surface area contributed by atoms with Crippen molar-refractivity contribution in [3.8, 4) is 0 Å². The molecule has 0 fully saturated rings. The minimum absolute atomic E-state index is 0.299. The molecule has 0 aliphatic carbocycles. The van der Waals surface area contributed by atoms with Gasteiger partial charge in [-0.2, -0.15) is 0 Å². The molecule has 92 valence electrons. The number of aryl methyl sites for hydroxylation is 1. The van der Waals surface area contributed by atoms with Gasteiger partial charge in [0.2, 0.25) is 0 Å². The van der Waals surface area contributed by atoms with Gasteiger partial charge in [-0.05, 0) is 48.9 Å².